The van der Waals surface area contributed by atoms with Crippen molar-refractivity contribution >= 4 is 28.3 Å². The van der Waals surface area contributed by atoms with E-state index in [0.29, 0.717) is 13.0 Å². The minimum atomic E-state index is -0.336. The number of nitrogens with zero attached hydrogens (tertiary/aromatic N) is 1. The van der Waals surface area contributed by atoms with Gasteiger partial charge >= 0.3 is 0 Å². The molecule has 17 heavy (non-hydrogen) atoms. The van der Waals surface area contributed by atoms with Gasteiger partial charge in [-0.15, -0.1) is 0 Å². The van der Waals surface area contributed by atoms with Gasteiger partial charge in [0.15, 0.2) is 0 Å². The van der Waals surface area contributed by atoms with E-state index in [1.54, 1.807) is 19.2 Å². The molecular formula is C11H15IN2O3. The molecule has 1 atom stereocenters. The fraction of sp³-hybridized carbons (Fsp3) is 0.455. The fourth-order valence-corrected chi connectivity index (χ4v) is 2.07. The summed E-state index contributed by atoms with van der Waals surface area (Å²) in [5.41, 5.74) is 0.903. The zero-order chi connectivity index (χ0) is 12.8. The average molecular weight is 350 g/mol. The van der Waals surface area contributed by atoms with E-state index in [0.717, 1.165) is 9.13 Å². The van der Waals surface area contributed by atoms with E-state index in [4.69, 9.17) is 4.74 Å². The molecule has 0 heterocycles. The lowest BCUT2D eigenvalue weighted by Crippen LogP contribution is -2.32. The first-order valence-corrected chi connectivity index (χ1v) is 6.25. The minimum absolute atomic E-state index is 0.0822. The van der Waals surface area contributed by atoms with Crippen LogP contribution in [0.3, 0.4) is 0 Å². The molecule has 0 fully saturated rings. The number of nitro benzene ring substituents is 1. The lowest BCUT2D eigenvalue weighted by Gasteiger charge is -2.15. The van der Waals surface area contributed by atoms with Gasteiger partial charge in [0.2, 0.25) is 0 Å². The van der Waals surface area contributed by atoms with Crippen molar-refractivity contribution in [2.45, 2.75) is 12.5 Å². The normalized spacial score (nSPS) is 12.4. The Morgan fingerprint density at radius 2 is 2.29 bits per heavy atom. The highest BCUT2D eigenvalue weighted by Gasteiger charge is 2.17. The van der Waals surface area contributed by atoms with Crippen molar-refractivity contribution in [2.75, 3.05) is 20.8 Å². The fourth-order valence-electron chi connectivity index (χ4n) is 1.59. The summed E-state index contributed by atoms with van der Waals surface area (Å²) >= 11 is 2.07. The van der Waals surface area contributed by atoms with Gasteiger partial charge in [0, 0.05) is 28.4 Å². The first-order valence-electron chi connectivity index (χ1n) is 5.17. The molecule has 5 nitrogen and oxygen atoms in total. The average Bonchev–Trinajstić information content (AvgIpc) is 2.30. The molecule has 0 saturated heterocycles. The first-order chi connectivity index (χ1) is 8.08. The Kier molecular flexibility index (Phi) is 5.79. The first kappa shape index (κ1) is 14.3. The van der Waals surface area contributed by atoms with Crippen LogP contribution in [0.5, 0.6) is 0 Å². The third-order valence-corrected chi connectivity index (χ3v) is 3.16. The maximum absolute atomic E-state index is 11.0. The maximum Gasteiger partial charge on any atom is 0.273 e. The van der Waals surface area contributed by atoms with Crippen molar-refractivity contribution in [1.82, 2.24) is 5.32 Å². The molecule has 1 N–H and O–H groups in total. The maximum atomic E-state index is 11.0. The van der Waals surface area contributed by atoms with Gasteiger partial charge in [-0.25, -0.2) is 0 Å². The molecule has 0 aromatic heterocycles. The van der Waals surface area contributed by atoms with Crippen LogP contribution < -0.4 is 5.32 Å². The SMILES string of the molecule is CNC(COC)Cc1ccc(I)cc1[N+](=O)[O-]. The van der Waals surface area contributed by atoms with Crippen molar-refractivity contribution < 1.29 is 9.66 Å². The molecular weight excluding hydrogens is 335 g/mol. The number of methoxy groups -OCH3 is 1. The Bertz CT molecular complexity index is 398. The van der Waals surface area contributed by atoms with E-state index in [1.165, 1.54) is 0 Å². The van der Waals surface area contributed by atoms with Crippen LogP contribution in [-0.4, -0.2) is 31.7 Å². The van der Waals surface area contributed by atoms with Crippen molar-refractivity contribution in [1.29, 1.82) is 0 Å². The van der Waals surface area contributed by atoms with Gasteiger partial charge in [0.05, 0.1) is 11.5 Å². The van der Waals surface area contributed by atoms with Gasteiger partial charge < -0.3 is 10.1 Å². The second-order valence-electron chi connectivity index (χ2n) is 3.68. The van der Waals surface area contributed by atoms with E-state index < -0.39 is 0 Å². The largest absolute Gasteiger partial charge is 0.383 e. The molecule has 1 unspecified atom stereocenters. The van der Waals surface area contributed by atoms with Crippen LogP contribution >= 0.6 is 22.6 Å². The number of nitro groups is 1. The number of hydrogen-bond acceptors (Lipinski definition) is 4. The number of nitrogens with one attached hydrogen (secondary N) is 1. The Morgan fingerprint density at radius 3 is 2.82 bits per heavy atom. The van der Waals surface area contributed by atoms with Crippen LogP contribution in [0.4, 0.5) is 5.69 Å². The van der Waals surface area contributed by atoms with E-state index in [2.05, 4.69) is 27.9 Å². The lowest BCUT2D eigenvalue weighted by atomic mass is 10.0. The number of hydrogen-bond donors (Lipinski definition) is 1. The van der Waals surface area contributed by atoms with Crippen molar-refractivity contribution in [3.8, 4) is 0 Å². The molecule has 0 radical (unpaired) electrons. The van der Waals surface area contributed by atoms with Crippen LogP contribution in [0.25, 0.3) is 0 Å². The van der Waals surface area contributed by atoms with Crippen LogP contribution in [0.15, 0.2) is 18.2 Å². The molecule has 0 amide bonds. The third kappa shape index (κ3) is 4.21. The highest BCUT2D eigenvalue weighted by Crippen LogP contribution is 2.22. The molecule has 94 valence electrons. The molecule has 0 bridgehead atoms. The summed E-state index contributed by atoms with van der Waals surface area (Å²) in [5.74, 6) is 0. The van der Waals surface area contributed by atoms with Gasteiger partial charge in [-0.05, 0) is 42.1 Å². The van der Waals surface area contributed by atoms with Gasteiger partial charge in [0.1, 0.15) is 0 Å². The van der Waals surface area contributed by atoms with Gasteiger partial charge in [0.25, 0.3) is 5.69 Å². The molecule has 0 aliphatic rings. The summed E-state index contributed by atoms with van der Waals surface area (Å²) < 4.78 is 5.92. The quantitative estimate of drug-likeness (QED) is 0.484. The summed E-state index contributed by atoms with van der Waals surface area (Å²) in [5, 5.41) is 14.0. The molecule has 1 aromatic carbocycles. The van der Waals surface area contributed by atoms with E-state index in [1.807, 2.05) is 13.1 Å². The summed E-state index contributed by atoms with van der Waals surface area (Å²) in [4.78, 5) is 10.6. The zero-order valence-electron chi connectivity index (χ0n) is 9.77. The second-order valence-corrected chi connectivity index (χ2v) is 4.92. The predicted molar refractivity (Wildman–Crippen MR) is 74.2 cm³/mol. The summed E-state index contributed by atoms with van der Waals surface area (Å²) in [6, 6.07) is 5.36. The number of halogens is 1. The molecule has 0 saturated carbocycles. The third-order valence-electron chi connectivity index (χ3n) is 2.49. The zero-order valence-corrected chi connectivity index (χ0v) is 11.9. The lowest BCUT2D eigenvalue weighted by molar-refractivity contribution is -0.385. The summed E-state index contributed by atoms with van der Waals surface area (Å²) in [6.45, 7) is 0.527. The van der Waals surface area contributed by atoms with Crippen molar-refractivity contribution in [3.05, 3.63) is 37.4 Å². The standard InChI is InChI=1S/C11H15IN2O3/c1-13-10(7-17-2)5-8-3-4-9(12)6-11(8)14(15)16/h3-4,6,10,13H,5,7H2,1-2H3. The number of rotatable bonds is 6. The molecule has 0 aliphatic heterocycles. The van der Waals surface area contributed by atoms with Crippen LogP contribution in [-0.2, 0) is 11.2 Å². The Morgan fingerprint density at radius 1 is 1.59 bits per heavy atom. The second kappa shape index (κ2) is 6.87. The number of benzene rings is 1. The molecule has 1 rings (SSSR count). The summed E-state index contributed by atoms with van der Waals surface area (Å²) in [6.07, 6.45) is 0.581. The number of likely N-dealkylation sites (N-methyl/N-ethyl adjacent to an activating group) is 1. The van der Waals surface area contributed by atoms with Crippen LogP contribution in [0.1, 0.15) is 5.56 Å². The monoisotopic (exact) mass is 350 g/mol. The Balaban J connectivity index is 2.92. The highest BCUT2D eigenvalue weighted by atomic mass is 127. The Labute approximate surface area is 114 Å². The van der Waals surface area contributed by atoms with Crippen molar-refractivity contribution in [3.63, 3.8) is 0 Å². The van der Waals surface area contributed by atoms with Gasteiger partial charge in [-0.3, -0.25) is 10.1 Å². The van der Waals surface area contributed by atoms with Gasteiger partial charge in [-0.1, -0.05) is 6.07 Å². The molecule has 1 aromatic rings. The predicted octanol–water partition coefficient (Wildman–Crippen LogP) is 1.98. The minimum Gasteiger partial charge on any atom is -0.383 e. The topological polar surface area (TPSA) is 64.4 Å². The van der Waals surface area contributed by atoms with E-state index in [-0.39, 0.29) is 16.7 Å². The Hall–Kier alpha value is -0.730. The van der Waals surface area contributed by atoms with E-state index in [9.17, 15) is 10.1 Å². The molecule has 0 spiro atoms. The highest BCUT2D eigenvalue weighted by molar-refractivity contribution is 14.1. The van der Waals surface area contributed by atoms with Gasteiger partial charge in [-0.2, -0.15) is 0 Å². The number of ether oxygens (including phenoxy) is 1. The smallest absolute Gasteiger partial charge is 0.273 e. The van der Waals surface area contributed by atoms with Crippen LogP contribution in [0, 0.1) is 13.7 Å². The van der Waals surface area contributed by atoms with Crippen LogP contribution in [0.2, 0.25) is 0 Å². The molecule has 0 aliphatic carbocycles. The molecule has 6 heteroatoms. The van der Waals surface area contributed by atoms with E-state index >= 15 is 0 Å². The summed E-state index contributed by atoms with van der Waals surface area (Å²) in [7, 11) is 3.44. The van der Waals surface area contributed by atoms with Crippen molar-refractivity contribution in [2.24, 2.45) is 0 Å².